The standard InChI is InChI=1S/C26H34N2O2/c1-26(2,3)20-16-13-19(14-17-20)15-18-24(29)28-23-12-8-7-11-22(23)25(30)27-21-9-5-4-6-10-21/h7-8,11-14,16-17,21H,4-6,9-10,15,18H2,1-3H3,(H,27,30)(H,28,29). The molecular formula is C26H34N2O2. The number of carbonyl (C=O) groups excluding carboxylic acids is 2. The van der Waals surface area contributed by atoms with Gasteiger partial charge in [0.2, 0.25) is 5.91 Å². The molecule has 30 heavy (non-hydrogen) atoms. The van der Waals surface area contributed by atoms with E-state index >= 15 is 0 Å². The average molecular weight is 407 g/mol. The zero-order valence-corrected chi connectivity index (χ0v) is 18.5. The number of rotatable bonds is 6. The number of amides is 2. The van der Waals surface area contributed by atoms with Crippen molar-refractivity contribution in [3.05, 3.63) is 65.2 Å². The number of benzene rings is 2. The molecule has 1 aliphatic carbocycles. The lowest BCUT2D eigenvalue weighted by atomic mass is 9.86. The lowest BCUT2D eigenvalue weighted by Crippen LogP contribution is -2.36. The molecule has 2 aromatic carbocycles. The maximum absolute atomic E-state index is 12.7. The molecule has 4 nitrogen and oxygen atoms in total. The Kier molecular flexibility index (Phi) is 7.30. The van der Waals surface area contributed by atoms with Crippen LogP contribution >= 0.6 is 0 Å². The van der Waals surface area contributed by atoms with Crippen LogP contribution in [0.3, 0.4) is 0 Å². The molecule has 1 saturated carbocycles. The first-order chi connectivity index (χ1) is 14.3. The molecule has 0 heterocycles. The van der Waals surface area contributed by atoms with Crippen LogP contribution in [0, 0.1) is 0 Å². The Morgan fingerprint density at radius 2 is 1.60 bits per heavy atom. The van der Waals surface area contributed by atoms with Crippen molar-refractivity contribution in [3.63, 3.8) is 0 Å². The maximum Gasteiger partial charge on any atom is 0.253 e. The van der Waals surface area contributed by atoms with Crippen molar-refractivity contribution in [1.29, 1.82) is 0 Å². The molecule has 0 radical (unpaired) electrons. The molecule has 0 unspecified atom stereocenters. The van der Waals surface area contributed by atoms with E-state index in [1.165, 1.54) is 24.8 Å². The van der Waals surface area contributed by atoms with Gasteiger partial charge in [0, 0.05) is 12.5 Å². The normalized spacial score (nSPS) is 14.9. The van der Waals surface area contributed by atoms with Crippen LogP contribution in [0.25, 0.3) is 0 Å². The van der Waals surface area contributed by atoms with E-state index < -0.39 is 0 Å². The Morgan fingerprint density at radius 3 is 2.27 bits per heavy atom. The van der Waals surface area contributed by atoms with Gasteiger partial charge in [-0.1, -0.05) is 76.4 Å². The summed E-state index contributed by atoms with van der Waals surface area (Å²) in [4.78, 5) is 25.3. The van der Waals surface area contributed by atoms with Gasteiger partial charge in [0.1, 0.15) is 0 Å². The zero-order valence-electron chi connectivity index (χ0n) is 18.5. The predicted molar refractivity (Wildman–Crippen MR) is 123 cm³/mol. The lowest BCUT2D eigenvalue weighted by Gasteiger charge is -2.23. The number of hydrogen-bond donors (Lipinski definition) is 2. The Hall–Kier alpha value is -2.62. The molecule has 2 amide bonds. The molecule has 0 bridgehead atoms. The SMILES string of the molecule is CC(C)(C)c1ccc(CCC(=O)Nc2ccccc2C(=O)NC2CCCCC2)cc1. The highest BCUT2D eigenvalue weighted by Gasteiger charge is 2.19. The van der Waals surface area contributed by atoms with E-state index in [0.717, 1.165) is 18.4 Å². The molecular weight excluding hydrogens is 372 g/mol. The van der Waals surface area contributed by atoms with Crippen LogP contribution in [0.4, 0.5) is 5.69 Å². The topological polar surface area (TPSA) is 58.2 Å². The smallest absolute Gasteiger partial charge is 0.253 e. The highest BCUT2D eigenvalue weighted by atomic mass is 16.2. The van der Waals surface area contributed by atoms with Gasteiger partial charge in [-0.05, 0) is 47.9 Å². The van der Waals surface area contributed by atoms with Gasteiger partial charge in [0.15, 0.2) is 0 Å². The Labute approximate surface area is 180 Å². The number of hydrogen-bond acceptors (Lipinski definition) is 2. The molecule has 0 aliphatic heterocycles. The minimum absolute atomic E-state index is 0.0761. The summed E-state index contributed by atoms with van der Waals surface area (Å²) in [6.07, 6.45) is 6.71. The summed E-state index contributed by atoms with van der Waals surface area (Å²) in [5.74, 6) is -0.177. The summed E-state index contributed by atoms with van der Waals surface area (Å²) < 4.78 is 0. The number of anilines is 1. The molecule has 4 heteroatoms. The predicted octanol–water partition coefficient (Wildman–Crippen LogP) is 5.62. The first kappa shape index (κ1) is 22.1. The van der Waals surface area contributed by atoms with Crippen molar-refractivity contribution in [1.82, 2.24) is 5.32 Å². The van der Waals surface area contributed by atoms with E-state index in [2.05, 4.69) is 55.7 Å². The first-order valence-corrected chi connectivity index (χ1v) is 11.1. The van der Waals surface area contributed by atoms with Gasteiger partial charge in [-0.15, -0.1) is 0 Å². The third-order valence-corrected chi connectivity index (χ3v) is 5.85. The van der Waals surface area contributed by atoms with Gasteiger partial charge >= 0.3 is 0 Å². The fourth-order valence-corrected chi connectivity index (χ4v) is 3.94. The summed E-state index contributed by atoms with van der Waals surface area (Å²) in [6, 6.07) is 16.0. The van der Waals surface area contributed by atoms with E-state index in [4.69, 9.17) is 0 Å². The second-order valence-electron chi connectivity index (χ2n) is 9.35. The van der Waals surface area contributed by atoms with Gasteiger partial charge in [0.25, 0.3) is 5.91 Å². The van der Waals surface area contributed by atoms with Crippen molar-refractivity contribution >= 4 is 17.5 Å². The van der Waals surface area contributed by atoms with Crippen molar-refractivity contribution < 1.29 is 9.59 Å². The molecule has 0 aromatic heterocycles. The van der Waals surface area contributed by atoms with E-state index in [1.54, 1.807) is 12.1 Å². The number of nitrogens with one attached hydrogen (secondary N) is 2. The number of para-hydroxylation sites is 1. The Morgan fingerprint density at radius 1 is 0.933 bits per heavy atom. The zero-order chi connectivity index (χ0) is 21.6. The summed E-state index contributed by atoms with van der Waals surface area (Å²) >= 11 is 0. The number of aryl methyl sites for hydroxylation is 1. The van der Waals surface area contributed by atoms with Crippen molar-refractivity contribution in [2.24, 2.45) is 0 Å². The molecule has 0 spiro atoms. The largest absolute Gasteiger partial charge is 0.349 e. The summed E-state index contributed by atoms with van der Waals surface area (Å²) in [6.45, 7) is 6.58. The fourth-order valence-electron chi connectivity index (χ4n) is 3.94. The fraction of sp³-hybridized carbons (Fsp3) is 0.462. The Balaban J connectivity index is 1.57. The highest BCUT2D eigenvalue weighted by Crippen LogP contribution is 2.23. The van der Waals surface area contributed by atoms with E-state index in [1.807, 2.05) is 12.1 Å². The van der Waals surface area contributed by atoms with E-state index in [-0.39, 0.29) is 23.3 Å². The van der Waals surface area contributed by atoms with Crippen LogP contribution < -0.4 is 10.6 Å². The van der Waals surface area contributed by atoms with Crippen LogP contribution in [0.15, 0.2) is 48.5 Å². The van der Waals surface area contributed by atoms with Gasteiger partial charge in [0.05, 0.1) is 11.3 Å². The highest BCUT2D eigenvalue weighted by molar-refractivity contribution is 6.03. The molecule has 160 valence electrons. The van der Waals surface area contributed by atoms with Crippen LogP contribution in [0.5, 0.6) is 0 Å². The third-order valence-electron chi connectivity index (χ3n) is 5.85. The molecule has 2 aromatic rings. The van der Waals surface area contributed by atoms with Crippen LogP contribution in [0.1, 0.15) is 80.8 Å². The monoisotopic (exact) mass is 406 g/mol. The second-order valence-corrected chi connectivity index (χ2v) is 9.35. The van der Waals surface area contributed by atoms with Crippen LogP contribution in [0.2, 0.25) is 0 Å². The molecule has 3 rings (SSSR count). The van der Waals surface area contributed by atoms with Crippen molar-refractivity contribution in [2.45, 2.75) is 77.2 Å². The van der Waals surface area contributed by atoms with Crippen LogP contribution in [-0.4, -0.2) is 17.9 Å². The quantitative estimate of drug-likeness (QED) is 0.654. The van der Waals surface area contributed by atoms with Crippen molar-refractivity contribution in [2.75, 3.05) is 5.32 Å². The molecule has 1 fully saturated rings. The minimum Gasteiger partial charge on any atom is -0.349 e. The summed E-state index contributed by atoms with van der Waals surface area (Å²) in [5.41, 5.74) is 3.66. The van der Waals surface area contributed by atoms with Crippen LogP contribution in [-0.2, 0) is 16.6 Å². The van der Waals surface area contributed by atoms with Gasteiger partial charge in [-0.2, -0.15) is 0 Å². The lowest BCUT2D eigenvalue weighted by molar-refractivity contribution is -0.116. The van der Waals surface area contributed by atoms with E-state index in [9.17, 15) is 9.59 Å². The van der Waals surface area contributed by atoms with Gasteiger partial charge < -0.3 is 10.6 Å². The second kappa shape index (κ2) is 9.92. The molecule has 0 saturated heterocycles. The number of carbonyl (C=O) groups is 2. The van der Waals surface area contributed by atoms with E-state index in [0.29, 0.717) is 24.1 Å². The molecule has 1 aliphatic rings. The van der Waals surface area contributed by atoms with Crippen molar-refractivity contribution in [3.8, 4) is 0 Å². The van der Waals surface area contributed by atoms with Gasteiger partial charge in [-0.3, -0.25) is 9.59 Å². The molecule has 2 N–H and O–H groups in total. The minimum atomic E-state index is -0.101. The average Bonchev–Trinajstić information content (AvgIpc) is 2.73. The summed E-state index contributed by atoms with van der Waals surface area (Å²) in [7, 11) is 0. The first-order valence-electron chi connectivity index (χ1n) is 11.1. The summed E-state index contributed by atoms with van der Waals surface area (Å²) in [5, 5.41) is 6.07. The molecule has 0 atom stereocenters. The maximum atomic E-state index is 12.7. The Bertz CT molecular complexity index is 859. The van der Waals surface area contributed by atoms with Gasteiger partial charge in [-0.25, -0.2) is 0 Å². The third kappa shape index (κ3) is 6.19.